The minimum atomic E-state index is -2.50. The van der Waals surface area contributed by atoms with Gasteiger partial charge in [0.05, 0.1) is 11.9 Å². The van der Waals surface area contributed by atoms with E-state index in [2.05, 4.69) is 31.2 Å². The van der Waals surface area contributed by atoms with Crippen LogP contribution in [0.5, 0.6) is 0 Å². The van der Waals surface area contributed by atoms with Crippen molar-refractivity contribution >= 4 is 53.1 Å². The van der Waals surface area contributed by atoms with E-state index in [4.69, 9.17) is 11.6 Å². The molecule has 0 bridgehead atoms. The van der Waals surface area contributed by atoms with Crippen LogP contribution in [-0.4, -0.2) is 48.3 Å². The molecular weight excluding hydrogens is 471 g/mol. The van der Waals surface area contributed by atoms with Gasteiger partial charge in [-0.1, -0.05) is 23.7 Å². The molecule has 3 aromatic rings. The van der Waals surface area contributed by atoms with Crippen molar-refractivity contribution in [1.29, 1.82) is 0 Å². The van der Waals surface area contributed by atoms with Crippen LogP contribution in [0.15, 0.2) is 54.7 Å². The number of hydrogen-bond donors (Lipinski definition) is 4. The van der Waals surface area contributed by atoms with Gasteiger partial charge in [-0.25, -0.2) is 4.98 Å². The van der Waals surface area contributed by atoms with Gasteiger partial charge in [-0.05, 0) is 75.7 Å². The smallest absolute Gasteiger partial charge is 0.251 e. The van der Waals surface area contributed by atoms with E-state index in [0.29, 0.717) is 28.0 Å². The van der Waals surface area contributed by atoms with Gasteiger partial charge < -0.3 is 25.8 Å². The summed E-state index contributed by atoms with van der Waals surface area (Å²) in [6.07, 6.45) is 3.38. The number of aromatic nitrogens is 2. The van der Waals surface area contributed by atoms with Crippen molar-refractivity contribution in [3.8, 4) is 0 Å². The topological polar surface area (TPSA) is 108 Å². The van der Waals surface area contributed by atoms with Crippen LogP contribution < -0.4 is 26.6 Å². The summed E-state index contributed by atoms with van der Waals surface area (Å²) in [7, 11) is -2.50. The number of carbonyl (C=O) groups excluding carboxylic acids is 1. The van der Waals surface area contributed by atoms with E-state index in [1.807, 2.05) is 36.4 Å². The number of nitrogens with one attached hydrogen (secondary N) is 4. The monoisotopic (exact) mass is 498 g/mol. The molecule has 0 spiro atoms. The van der Waals surface area contributed by atoms with E-state index >= 15 is 0 Å². The zero-order valence-corrected chi connectivity index (χ0v) is 20.8. The highest BCUT2D eigenvalue weighted by Crippen LogP contribution is 2.38. The highest BCUT2D eigenvalue weighted by Gasteiger charge is 2.18. The van der Waals surface area contributed by atoms with Gasteiger partial charge in [0.1, 0.15) is 12.2 Å². The van der Waals surface area contributed by atoms with Crippen LogP contribution >= 0.6 is 18.7 Å². The molecule has 10 heteroatoms. The molecule has 1 aliphatic rings. The Morgan fingerprint density at radius 2 is 1.76 bits per heavy atom. The van der Waals surface area contributed by atoms with Crippen molar-refractivity contribution in [3.63, 3.8) is 0 Å². The van der Waals surface area contributed by atoms with Crippen LogP contribution in [0.3, 0.4) is 0 Å². The molecule has 1 fully saturated rings. The average Bonchev–Trinajstić information content (AvgIpc) is 2.82. The van der Waals surface area contributed by atoms with Crippen molar-refractivity contribution < 1.29 is 9.36 Å². The van der Waals surface area contributed by atoms with Gasteiger partial charge >= 0.3 is 0 Å². The van der Waals surface area contributed by atoms with Crippen LogP contribution in [-0.2, 0) is 4.57 Å². The molecule has 0 aliphatic carbocycles. The molecule has 34 heavy (non-hydrogen) atoms. The second-order valence-electron chi connectivity index (χ2n) is 8.58. The van der Waals surface area contributed by atoms with E-state index in [0.717, 1.165) is 36.9 Å². The van der Waals surface area contributed by atoms with Gasteiger partial charge in [0.15, 0.2) is 5.82 Å². The summed E-state index contributed by atoms with van der Waals surface area (Å²) < 4.78 is 12.7. The van der Waals surface area contributed by atoms with Crippen molar-refractivity contribution in [2.45, 2.75) is 18.9 Å². The first-order valence-corrected chi connectivity index (χ1v) is 14.1. The first kappa shape index (κ1) is 24.2. The van der Waals surface area contributed by atoms with Gasteiger partial charge in [0, 0.05) is 22.6 Å². The molecule has 1 amide bonds. The SMILES string of the molecule is CP(C)(=O)c1ccccc1Nc1nc(Nc2ccc(C(=O)NC3CCNCC3)cc2)ncc1Cl. The molecule has 1 aliphatic heterocycles. The summed E-state index contributed by atoms with van der Waals surface area (Å²) in [6, 6.07) is 14.7. The zero-order chi connectivity index (χ0) is 24.1. The largest absolute Gasteiger partial charge is 0.349 e. The highest BCUT2D eigenvalue weighted by atomic mass is 35.5. The molecule has 0 saturated carbocycles. The maximum Gasteiger partial charge on any atom is 0.251 e. The molecule has 1 saturated heterocycles. The standard InChI is InChI=1S/C24H28ClN6O2P/c1-34(2,33)21-6-4-3-5-20(21)30-22-19(25)15-27-24(31-22)29-17-9-7-16(8-10-17)23(32)28-18-11-13-26-14-12-18/h3-10,15,18,26H,11-14H2,1-2H3,(H,28,32)(H2,27,29,30,31). The number of amides is 1. The number of nitrogens with zero attached hydrogens (tertiary/aromatic N) is 2. The summed E-state index contributed by atoms with van der Waals surface area (Å²) >= 11 is 6.32. The van der Waals surface area contributed by atoms with Gasteiger partial charge in [0.2, 0.25) is 5.95 Å². The summed E-state index contributed by atoms with van der Waals surface area (Å²) in [5.74, 6) is 0.668. The zero-order valence-electron chi connectivity index (χ0n) is 19.1. The minimum Gasteiger partial charge on any atom is -0.349 e. The maximum atomic E-state index is 12.7. The number of piperidine rings is 1. The Kier molecular flexibility index (Phi) is 7.51. The number of halogens is 1. The fraction of sp³-hybridized carbons (Fsp3) is 0.292. The van der Waals surface area contributed by atoms with E-state index in [1.54, 1.807) is 25.5 Å². The Morgan fingerprint density at radius 1 is 1.06 bits per heavy atom. The second kappa shape index (κ2) is 10.6. The molecule has 0 atom stereocenters. The number of para-hydroxylation sites is 1. The molecular formula is C24H28ClN6O2P. The third kappa shape index (κ3) is 6.14. The minimum absolute atomic E-state index is 0.0736. The summed E-state index contributed by atoms with van der Waals surface area (Å²) in [6.45, 7) is 5.29. The first-order valence-electron chi connectivity index (χ1n) is 11.1. The van der Waals surface area contributed by atoms with Gasteiger partial charge in [-0.2, -0.15) is 4.98 Å². The van der Waals surface area contributed by atoms with Crippen LogP contribution in [0.2, 0.25) is 5.02 Å². The van der Waals surface area contributed by atoms with E-state index < -0.39 is 7.14 Å². The Balaban J connectivity index is 1.45. The highest BCUT2D eigenvalue weighted by molar-refractivity contribution is 7.70. The summed E-state index contributed by atoms with van der Waals surface area (Å²) in [5, 5.41) is 13.8. The van der Waals surface area contributed by atoms with Crippen LogP contribution in [0.25, 0.3) is 0 Å². The fourth-order valence-electron chi connectivity index (χ4n) is 3.76. The molecule has 2 heterocycles. The quantitative estimate of drug-likeness (QED) is 0.359. The van der Waals surface area contributed by atoms with Crippen molar-refractivity contribution in [3.05, 3.63) is 65.3 Å². The van der Waals surface area contributed by atoms with Crippen LogP contribution in [0.1, 0.15) is 23.2 Å². The van der Waals surface area contributed by atoms with E-state index in [-0.39, 0.29) is 11.9 Å². The molecule has 178 valence electrons. The van der Waals surface area contributed by atoms with E-state index in [9.17, 15) is 9.36 Å². The lowest BCUT2D eigenvalue weighted by Gasteiger charge is -2.23. The predicted molar refractivity (Wildman–Crippen MR) is 139 cm³/mol. The molecule has 0 unspecified atom stereocenters. The van der Waals surface area contributed by atoms with E-state index in [1.165, 1.54) is 6.20 Å². The third-order valence-corrected chi connectivity index (χ3v) is 7.39. The molecule has 1 aromatic heterocycles. The van der Waals surface area contributed by atoms with Crippen molar-refractivity contribution in [2.24, 2.45) is 0 Å². The van der Waals surface area contributed by atoms with Crippen LogP contribution in [0, 0.1) is 0 Å². The Bertz CT molecular complexity index is 1210. The number of rotatable bonds is 7. The van der Waals surface area contributed by atoms with Crippen LogP contribution in [0.4, 0.5) is 23.1 Å². The molecule has 2 aromatic carbocycles. The third-order valence-electron chi connectivity index (χ3n) is 5.56. The Morgan fingerprint density at radius 3 is 2.47 bits per heavy atom. The van der Waals surface area contributed by atoms with Gasteiger partial charge in [0.25, 0.3) is 5.91 Å². The number of carbonyl (C=O) groups is 1. The Labute approximate surface area is 204 Å². The molecule has 4 N–H and O–H groups in total. The number of benzene rings is 2. The second-order valence-corrected chi connectivity index (χ2v) is 12.2. The molecule has 0 radical (unpaired) electrons. The number of anilines is 4. The molecule has 8 nitrogen and oxygen atoms in total. The van der Waals surface area contributed by atoms with Gasteiger partial charge in [-0.3, -0.25) is 4.79 Å². The van der Waals surface area contributed by atoms with Crippen molar-refractivity contribution in [1.82, 2.24) is 20.6 Å². The normalized spacial score (nSPS) is 14.4. The van der Waals surface area contributed by atoms with Crippen molar-refractivity contribution in [2.75, 3.05) is 37.1 Å². The fourth-order valence-corrected chi connectivity index (χ4v) is 5.05. The number of hydrogen-bond acceptors (Lipinski definition) is 7. The molecule has 4 rings (SSSR count). The average molecular weight is 499 g/mol. The lowest BCUT2D eigenvalue weighted by molar-refractivity contribution is 0.0929. The maximum absolute atomic E-state index is 12.7. The van der Waals surface area contributed by atoms with Gasteiger partial charge in [-0.15, -0.1) is 0 Å². The summed E-state index contributed by atoms with van der Waals surface area (Å²) in [5.41, 5.74) is 2.02. The lowest BCUT2D eigenvalue weighted by Crippen LogP contribution is -2.42. The summed E-state index contributed by atoms with van der Waals surface area (Å²) in [4.78, 5) is 21.2. The lowest BCUT2D eigenvalue weighted by atomic mass is 10.1. The Hall–Kier alpha value is -2.93. The predicted octanol–water partition coefficient (Wildman–Crippen LogP) is 4.35. The first-order chi connectivity index (χ1) is 16.3.